The normalized spacial score (nSPS) is 24.3. The van der Waals surface area contributed by atoms with Crippen molar-refractivity contribution in [1.82, 2.24) is 15.1 Å². The third-order valence-corrected chi connectivity index (χ3v) is 5.41. The van der Waals surface area contributed by atoms with E-state index in [-0.39, 0.29) is 29.7 Å². The molecule has 0 unspecified atom stereocenters. The van der Waals surface area contributed by atoms with Crippen molar-refractivity contribution in [2.45, 2.75) is 31.8 Å². The van der Waals surface area contributed by atoms with Gasteiger partial charge in [-0.1, -0.05) is 12.1 Å². The molecule has 2 heterocycles. The summed E-state index contributed by atoms with van der Waals surface area (Å²) in [6.45, 7) is 2.57. The Kier molecular flexibility index (Phi) is 5.15. The zero-order chi connectivity index (χ0) is 18.8. The SMILES string of the molecule is CNC(=O)[C@@H]1C[C@H]2CN(C(=O)Cc3ccc(OC)cc3)C[C@H]2N1C(C)=O. The van der Waals surface area contributed by atoms with E-state index in [0.29, 0.717) is 25.9 Å². The molecule has 1 aromatic rings. The molecule has 3 rings (SSSR count). The topological polar surface area (TPSA) is 79.0 Å². The summed E-state index contributed by atoms with van der Waals surface area (Å²) >= 11 is 0. The highest BCUT2D eigenvalue weighted by molar-refractivity contribution is 5.88. The van der Waals surface area contributed by atoms with Crippen molar-refractivity contribution >= 4 is 17.7 Å². The number of hydrogen-bond acceptors (Lipinski definition) is 4. The standard InChI is InChI=1S/C19H25N3O4/c1-12(23)22-16(19(25)20-2)9-14-10-21(11-17(14)22)18(24)8-13-4-6-15(26-3)7-5-13/h4-7,14,16-17H,8-11H2,1-3H3,(H,20,25)/t14-,16-,17+/m0/s1. The summed E-state index contributed by atoms with van der Waals surface area (Å²) in [5.41, 5.74) is 0.930. The lowest BCUT2D eigenvalue weighted by Gasteiger charge is -2.28. The molecule has 1 aromatic carbocycles. The van der Waals surface area contributed by atoms with Crippen LogP contribution in [0, 0.1) is 5.92 Å². The number of amides is 3. The van der Waals surface area contributed by atoms with Crippen LogP contribution in [0.3, 0.4) is 0 Å². The number of methoxy groups -OCH3 is 1. The first-order chi connectivity index (χ1) is 12.4. The maximum atomic E-state index is 12.7. The minimum absolute atomic E-state index is 0.0459. The molecule has 2 aliphatic heterocycles. The van der Waals surface area contributed by atoms with Crippen LogP contribution in [0.1, 0.15) is 18.9 Å². The van der Waals surface area contributed by atoms with Crippen LogP contribution in [0.15, 0.2) is 24.3 Å². The van der Waals surface area contributed by atoms with E-state index in [2.05, 4.69) is 5.32 Å². The first-order valence-electron chi connectivity index (χ1n) is 8.85. The Labute approximate surface area is 153 Å². The van der Waals surface area contributed by atoms with Crippen LogP contribution >= 0.6 is 0 Å². The summed E-state index contributed by atoms with van der Waals surface area (Å²) in [5.74, 6) is 0.709. The second kappa shape index (κ2) is 7.35. The molecule has 2 fully saturated rings. The average molecular weight is 359 g/mol. The van der Waals surface area contributed by atoms with Crippen molar-refractivity contribution in [2.24, 2.45) is 5.92 Å². The van der Waals surface area contributed by atoms with Gasteiger partial charge in [0.15, 0.2) is 0 Å². The lowest BCUT2D eigenvalue weighted by Crippen LogP contribution is -2.49. The van der Waals surface area contributed by atoms with Gasteiger partial charge < -0.3 is 19.9 Å². The Morgan fingerprint density at radius 2 is 1.88 bits per heavy atom. The zero-order valence-corrected chi connectivity index (χ0v) is 15.4. The van der Waals surface area contributed by atoms with E-state index in [9.17, 15) is 14.4 Å². The van der Waals surface area contributed by atoms with Gasteiger partial charge >= 0.3 is 0 Å². The molecule has 2 saturated heterocycles. The minimum atomic E-state index is -0.425. The molecule has 1 N–H and O–H groups in total. The van der Waals surface area contributed by atoms with Gasteiger partial charge in [0, 0.05) is 33.0 Å². The van der Waals surface area contributed by atoms with Gasteiger partial charge in [0.25, 0.3) is 0 Å². The van der Waals surface area contributed by atoms with Gasteiger partial charge in [-0.05, 0) is 24.1 Å². The number of nitrogens with one attached hydrogen (secondary N) is 1. The highest BCUT2D eigenvalue weighted by Crippen LogP contribution is 2.36. The number of likely N-dealkylation sites (tertiary alicyclic amines) is 2. The summed E-state index contributed by atoms with van der Waals surface area (Å²) in [6.07, 6.45) is 0.929. The predicted octanol–water partition coefficient (Wildman–Crippen LogP) is 0.432. The molecule has 0 bridgehead atoms. The lowest BCUT2D eigenvalue weighted by molar-refractivity contribution is -0.139. The van der Waals surface area contributed by atoms with Crippen molar-refractivity contribution in [3.63, 3.8) is 0 Å². The Morgan fingerprint density at radius 1 is 1.19 bits per heavy atom. The number of carbonyl (C=O) groups excluding carboxylic acids is 3. The third-order valence-electron chi connectivity index (χ3n) is 5.41. The zero-order valence-electron chi connectivity index (χ0n) is 15.4. The molecule has 0 saturated carbocycles. The molecule has 0 radical (unpaired) electrons. The van der Waals surface area contributed by atoms with Gasteiger partial charge in [-0.3, -0.25) is 14.4 Å². The maximum Gasteiger partial charge on any atom is 0.242 e. The van der Waals surface area contributed by atoms with E-state index in [1.165, 1.54) is 6.92 Å². The van der Waals surface area contributed by atoms with Crippen molar-refractivity contribution in [3.05, 3.63) is 29.8 Å². The highest BCUT2D eigenvalue weighted by atomic mass is 16.5. The second-order valence-corrected chi connectivity index (χ2v) is 6.94. The van der Waals surface area contributed by atoms with Crippen LogP contribution in [-0.2, 0) is 20.8 Å². The Morgan fingerprint density at radius 3 is 2.46 bits per heavy atom. The fraction of sp³-hybridized carbons (Fsp3) is 0.526. The van der Waals surface area contributed by atoms with Gasteiger partial charge in [0.2, 0.25) is 17.7 Å². The predicted molar refractivity (Wildman–Crippen MR) is 95.5 cm³/mol. The number of fused-ring (bicyclic) bond motifs is 1. The summed E-state index contributed by atoms with van der Waals surface area (Å²) < 4.78 is 5.13. The number of benzene rings is 1. The molecule has 3 atom stereocenters. The number of nitrogens with zero attached hydrogens (tertiary/aromatic N) is 2. The van der Waals surface area contributed by atoms with Gasteiger partial charge in [-0.2, -0.15) is 0 Å². The lowest BCUT2D eigenvalue weighted by atomic mass is 10.0. The first-order valence-corrected chi connectivity index (χ1v) is 8.85. The largest absolute Gasteiger partial charge is 0.497 e. The van der Waals surface area contributed by atoms with Gasteiger partial charge in [0.1, 0.15) is 11.8 Å². The van der Waals surface area contributed by atoms with E-state index >= 15 is 0 Å². The van der Waals surface area contributed by atoms with Gasteiger partial charge in [0.05, 0.1) is 19.6 Å². The summed E-state index contributed by atoms with van der Waals surface area (Å²) in [5, 5.41) is 2.63. The van der Waals surface area contributed by atoms with E-state index < -0.39 is 6.04 Å². The van der Waals surface area contributed by atoms with Crippen LogP contribution in [0.5, 0.6) is 5.75 Å². The van der Waals surface area contributed by atoms with E-state index in [4.69, 9.17) is 4.74 Å². The van der Waals surface area contributed by atoms with Crippen molar-refractivity contribution in [1.29, 1.82) is 0 Å². The van der Waals surface area contributed by atoms with Gasteiger partial charge in [-0.15, -0.1) is 0 Å². The van der Waals surface area contributed by atoms with E-state index in [0.717, 1.165) is 11.3 Å². The van der Waals surface area contributed by atoms with Crippen LogP contribution < -0.4 is 10.1 Å². The molecule has 26 heavy (non-hydrogen) atoms. The van der Waals surface area contributed by atoms with Gasteiger partial charge in [-0.25, -0.2) is 0 Å². The Bertz CT molecular complexity index is 703. The Hall–Kier alpha value is -2.57. The molecule has 0 aliphatic carbocycles. The minimum Gasteiger partial charge on any atom is -0.497 e. The number of carbonyl (C=O) groups is 3. The second-order valence-electron chi connectivity index (χ2n) is 6.94. The first kappa shape index (κ1) is 18.2. The summed E-state index contributed by atoms with van der Waals surface area (Å²) in [7, 11) is 3.19. The summed E-state index contributed by atoms with van der Waals surface area (Å²) in [6, 6.07) is 6.95. The number of hydrogen-bond donors (Lipinski definition) is 1. The molecule has 3 amide bonds. The molecule has 0 aromatic heterocycles. The van der Waals surface area contributed by atoms with Crippen LogP contribution in [0.4, 0.5) is 0 Å². The highest BCUT2D eigenvalue weighted by Gasteiger charge is 2.50. The number of ether oxygens (including phenoxy) is 1. The van der Waals surface area contributed by atoms with Crippen molar-refractivity contribution < 1.29 is 19.1 Å². The number of rotatable bonds is 4. The summed E-state index contributed by atoms with van der Waals surface area (Å²) in [4.78, 5) is 40.3. The third kappa shape index (κ3) is 3.38. The monoisotopic (exact) mass is 359 g/mol. The van der Waals surface area contributed by atoms with E-state index in [1.807, 2.05) is 29.2 Å². The molecule has 7 heteroatoms. The van der Waals surface area contributed by atoms with E-state index in [1.54, 1.807) is 19.1 Å². The Balaban J connectivity index is 1.65. The van der Waals surface area contributed by atoms with Crippen LogP contribution in [0.2, 0.25) is 0 Å². The number of likely N-dealkylation sites (N-methyl/N-ethyl adjacent to an activating group) is 1. The van der Waals surface area contributed by atoms with Crippen LogP contribution in [-0.4, -0.2) is 66.9 Å². The average Bonchev–Trinajstić information content (AvgIpc) is 3.19. The molecule has 0 spiro atoms. The molecule has 2 aliphatic rings. The molecular formula is C19H25N3O4. The fourth-order valence-electron chi connectivity index (χ4n) is 4.12. The van der Waals surface area contributed by atoms with Crippen molar-refractivity contribution in [3.8, 4) is 5.75 Å². The smallest absolute Gasteiger partial charge is 0.242 e. The molecular weight excluding hydrogens is 334 g/mol. The van der Waals surface area contributed by atoms with Crippen LogP contribution in [0.25, 0.3) is 0 Å². The maximum absolute atomic E-state index is 12.7. The quantitative estimate of drug-likeness (QED) is 0.846. The molecule has 140 valence electrons. The molecule has 7 nitrogen and oxygen atoms in total. The fourth-order valence-corrected chi connectivity index (χ4v) is 4.12. The van der Waals surface area contributed by atoms with Crippen molar-refractivity contribution in [2.75, 3.05) is 27.2 Å².